The van der Waals surface area contributed by atoms with Gasteiger partial charge in [0.2, 0.25) is 15.8 Å². The first-order valence-corrected chi connectivity index (χ1v) is 10.9. The molecule has 0 atom stereocenters. The first kappa shape index (κ1) is 23.4. The SMILES string of the molecule is COc1ccc(S(=O)(=O)N2CCCCCC2)cc1C(=O)OCC(=O)C(C#N)=C(C)N. The Morgan fingerprint density at radius 2 is 1.83 bits per heavy atom. The van der Waals surface area contributed by atoms with Gasteiger partial charge in [-0.05, 0) is 38.0 Å². The second-order valence-corrected chi connectivity index (χ2v) is 8.79. The van der Waals surface area contributed by atoms with Crippen molar-refractivity contribution in [3.05, 3.63) is 35.0 Å². The smallest absolute Gasteiger partial charge is 0.342 e. The van der Waals surface area contributed by atoms with Gasteiger partial charge in [-0.15, -0.1) is 0 Å². The molecule has 10 heteroatoms. The summed E-state index contributed by atoms with van der Waals surface area (Å²) in [5, 5.41) is 8.96. The molecule has 0 aromatic heterocycles. The van der Waals surface area contributed by atoms with Crippen molar-refractivity contribution in [2.45, 2.75) is 37.5 Å². The minimum Gasteiger partial charge on any atom is -0.496 e. The maximum atomic E-state index is 13.0. The normalized spacial score (nSPS) is 16.0. The summed E-state index contributed by atoms with van der Waals surface area (Å²) in [6, 6.07) is 5.58. The fourth-order valence-corrected chi connectivity index (χ4v) is 4.63. The molecule has 1 aromatic carbocycles. The molecular formula is C20H25N3O6S. The highest BCUT2D eigenvalue weighted by Gasteiger charge is 2.27. The molecule has 0 spiro atoms. The lowest BCUT2D eigenvalue weighted by Gasteiger charge is -2.20. The Balaban J connectivity index is 2.27. The summed E-state index contributed by atoms with van der Waals surface area (Å²) in [5.74, 6) is -1.59. The molecule has 0 saturated carbocycles. The van der Waals surface area contributed by atoms with Crippen molar-refractivity contribution < 1.29 is 27.5 Å². The lowest BCUT2D eigenvalue weighted by Crippen LogP contribution is -2.32. The Labute approximate surface area is 176 Å². The number of nitrogens with zero attached hydrogens (tertiary/aromatic N) is 2. The predicted molar refractivity (Wildman–Crippen MR) is 108 cm³/mol. The van der Waals surface area contributed by atoms with Gasteiger partial charge in [-0.25, -0.2) is 13.2 Å². The van der Waals surface area contributed by atoms with Crippen molar-refractivity contribution in [1.29, 1.82) is 5.26 Å². The predicted octanol–water partition coefficient (Wildman–Crippen LogP) is 1.74. The van der Waals surface area contributed by atoms with Crippen LogP contribution in [0.1, 0.15) is 43.0 Å². The number of hydrogen-bond donors (Lipinski definition) is 1. The lowest BCUT2D eigenvalue weighted by atomic mass is 10.1. The van der Waals surface area contributed by atoms with Crippen LogP contribution in [0.2, 0.25) is 0 Å². The van der Waals surface area contributed by atoms with Crippen LogP contribution in [-0.2, 0) is 19.6 Å². The number of nitrogens with two attached hydrogens (primary N) is 1. The van der Waals surface area contributed by atoms with E-state index < -0.39 is 28.4 Å². The number of esters is 1. The van der Waals surface area contributed by atoms with E-state index in [0.29, 0.717) is 13.1 Å². The molecule has 1 heterocycles. The number of allylic oxidation sites excluding steroid dienone is 1. The van der Waals surface area contributed by atoms with E-state index >= 15 is 0 Å². The molecule has 1 aliphatic rings. The molecular weight excluding hydrogens is 410 g/mol. The van der Waals surface area contributed by atoms with Gasteiger partial charge in [0.1, 0.15) is 23.0 Å². The summed E-state index contributed by atoms with van der Waals surface area (Å²) in [6.07, 6.45) is 3.51. The molecule has 0 unspecified atom stereocenters. The Morgan fingerprint density at radius 1 is 1.20 bits per heavy atom. The second-order valence-electron chi connectivity index (χ2n) is 6.85. The van der Waals surface area contributed by atoms with Gasteiger partial charge < -0.3 is 15.2 Å². The third-order valence-corrected chi connectivity index (χ3v) is 6.61. The van der Waals surface area contributed by atoms with Crippen molar-refractivity contribution in [3.63, 3.8) is 0 Å². The van der Waals surface area contributed by atoms with Crippen LogP contribution in [0.5, 0.6) is 5.75 Å². The number of benzene rings is 1. The van der Waals surface area contributed by atoms with Gasteiger partial charge in [-0.1, -0.05) is 12.8 Å². The molecule has 1 fully saturated rings. The standard InChI is InChI=1S/C20H25N3O6S/c1-14(22)17(12-21)18(24)13-29-20(25)16-11-15(7-8-19(16)28-2)30(26,27)23-9-5-3-4-6-10-23/h7-8,11H,3-6,9-10,13,22H2,1-2H3. The number of carbonyl (C=O) groups excluding carboxylic acids is 2. The molecule has 9 nitrogen and oxygen atoms in total. The summed E-state index contributed by atoms with van der Waals surface area (Å²) < 4.78 is 37.5. The van der Waals surface area contributed by atoms with E-state index in [1.807, 2.05) is 0 Å². The van der Waals surface area contributed by atoms with Crippen LogP contribution in [0, 0.1) is 11.3 Å². The molecule has 0 aliphatic carbocycles. The van der Waals surface area contributed by atoms with Gasteiger partial charge in [-0.2, -0.15) is 9.57 Å². The number of rotatable bonds is 7. The molecule has 0 amide bonds. The van der Waals surface area contributed by atoms with Crippen LogP contribution >= 0.6 is 0 Å². The molecule has 0 radical (unpaired) electrons. The third-order valence-electron chi connectivity index (χ3n) is 4.71. The van der Waals surface area contributed by atoms with E-state index in [0.717, 1.165) is 25.7 Å². The zero-order chi connectivity index (χ0) is 22.3. The summed E-state index contributed by atoms with van der Waals surface area (Å²) in [7, 11) is -2.46. The minimum absolute atomic E-state index is 0.0154. The molecule has 0 bridgehead atoms. The topological polar surface area (TPSA) is 140 Å². The van der Waals surface area contributed by atoms with Crippen LogP contribution in [0.25, 0.3) is 0 Å². The number of nitriles is 1. The van der Waals surface area contributed by atoms with Crippen molar-refractivity contribution in [2.75, 3.05) is 26.8 Å². The average Bonchev–Trinajstić information content (AvgIpc) is 3.01. The Hall–Kier alpha value is -2.90. The van der Waals surface area contributed by atoms with Crippen molar-refractivity contribution >= 4 is 21.8 Å². The summed E-state index contributed by atoms with van der Waals surface area (Å²) >= 11 is 0. The first-order chi connectivity index (χ1) is 14.2. The number of methoxy groups -OCH3 is 1. The summed E-state index contributed by atoms with van der Waals surface area (Å²) in [6.45, 7) is 1.52. The first-order valence-electron chi connectivity index (χ1n) is 9.47. The molecule has 1 saturated heterocycles. The highest BCUT2D eigenvalue weighted by Crippen LogP contribution is 2.26. The lowest BCUT2D eigenvalue weighted by molar-refractivity contribution is -0.118. The Kier molecular flexibility index (Phi) is 7.97. The van der Waals surface area contributed by atoms with Crippen LogP contribution in [0.3, 0.4) is 0 Å². The maximum absolute atomic E-state index is 13.0. The largest absolute Gasteiger partial charge is 0.496 e. The number of sulfonamides is 1. The molecule has 30 heavy (non-hydrogen) atoms. The van der Waals surface area contributed by atoms with Crippen LogP contribution in [0.15, 0.2) is 34.4 Å². The zero-order valence-corrected chi connectivity index (χ0v) is 17.8. The highest BCUT2D eigenvalue weighted by atomic mass is 32.2. The van der Waals surface area contributed by atoms with Gasteiger partial charge in [-0.3, -0.25) is 4.79 Å². The number of ether oxygens (including phenoxy) is 2. The van der Waals surface area contributed by atoms with Crippen molar-refractivity contribution in [1.82, 2.24) is 4.31 Å². The molecule has 2 N–H and O–H groups in total. The number of carbonyl (C=O) groups is 2. The molecule has 2 rings (SSSR count). The molecule has 162 valence electrons. The van der Waals surface area contributed by atoms with Crippen molar-refractivity contribution in [3.8, 4) is 11.8 Å². The summed E-state index contributed by atoms with van der Waals surface area (Å²) in [4.78, 5) is 24.5. The average molecular weight is 436 g/mol. The van der Waals surface area contributed by atoms with E-state index in [1.165, 1.54) is 36.5 Å². The van der Waals surface area contributed by atoms with E-state index in [4.69, 9.17) is 20.5 Å². The van der Waals surface area contributed by atoms with Gasteiger partial charge in [0.25, 0.3) is 0 Å². The fraction of sp³-hybridized carbons (Fsp3) is 0.450. The monoisotopic (exact) mass is 435 g/mol. The van der Waals surface area contributed by atoms with E-state index in [1.54, 1.807) is 6.07 Å². The van der Waals surface area contributed by atoms with Crippen LogP contribution in [-0.4, -0.2) is 51.3 Å². The number of Topliss-reactive ketones (excluding diaryl/α,β-unsaturated/α-hetero) is 1. The van der Waals surface area contributed by atoms with Crippen molar-refractivity contribution in [2.24, 2.45) is 5.73 Å². The van der Waals surface area contributed by atoms with E-state index in [-0.39, 0.29) is 27.5 Å². The van der Waals surface area contributed by atoms with Crippen LogP contribution < -0.4 is 10.5 Å². The third kappa shape index (κ3) is 5.37. The van der Waals surface area contributed by atoms with E-state index in [2.05, 4.69) is 0 Å². The van der Waals surface area contributed by atoms with Gasteiger partial charge in [0, 0.05) is 18.8 Å². The summed E-state index contributed by atoms with van der Waals surface area (Å²) in [5.41, 5.74) is 5.05. The number of ketones is 1. The van der Waals surface area contributed by atoms with Gasteiger partial charge in [0.15, 0.2) is 6.61 Å². The quantitative estimate of drug-likeness (QED) is 0.388. The minimum atomic E-state index is -3.79. The molecule has 1 aliphatic heterocycles. The van der Waals surface area contributed by atoms with Crippen LogP contribution in [0.4, 0.5) is 0 Å². The van der Waals surface area contributed by atoms with Gasteiger partial charge in [0.05, 0.1) is 12.0 Å². The molecule has 1 aromatic rings. The zero-order valence-electron chi connectivity index (χ0n) is 17.0. The maximum Gasteiger partial charge on any atom is 0.342 e. The van der Waals surface area contributed by atoms with E-state index in [9.17, 15) is 18.0 Å². The number of hydrogen-bond acceptors (Lipinski definition) is 8. The Morgan fingerprint density at radius 3 is 2.37 bits per heavy atom. The fourth-order valence-electron chi connectivity index (χ4n) is 3.09. The van der Waals surface area contributed by atoms with Gasteiger partial charge >= 0.3 is 5.97 Å². The second kappa shape index (κ2) is 10.2. The highest BCUT2D eigenvalue weighted by molar-refractivity contribution is 7.89. The Bertz CT molecular complexity index is 982.